The van der Waals surface area contributed by atoms with Crippen molar-refractivity contribution in [2.24, 2.45) is 17.6 Å². The molecule has 0 heterocycles. The van der Waals surface area contributed by atoms with Crippen LogP contribution >= 0.6 is 0 Å². The summed E-state index contributed by atoms with van der Waals surface area (Å²) in [6.07, 6.45) is 4.49. The lowest BCUT2D eigenvalue weighted by Crippen LogP contribution is -2.34. The van der Waals surface area contributed by atoms with Crippen LogP contribution in [0.15, 0.2) is 24.3 Å². The molecule has 1 amide bonds. The first kappa shape index (κ1) is 12.7. The monoisotopic (exact) mass is 258 g/mol. The van der Waals surface area contributed by atoms with Crippen LogP contribution in [0.2, 0.25) is 0 Å². The Bertz CT molecular complexity index is 471. The summed E-state index contributed by atoms with van der Waals surface area (Å²) in [4.78, 5) is 12.3. The third-order valence-corrected chi connectivity index (χ3v) is 4.78. The number of fused-ring (bicyclic) bond motifs is 1. The van der Waals surface area contributed by atoms with E-state index in [-0.39, 0.29) is 5.91 Å². The van der Waals surface area contributed by atoms with Crippen LogP contribution in [0.3, 0.4) is 0 Å². The van der Waals surface area contributed by atoms with E-state index in [1.54, 1.807) is 0 Å². The van der Waals surface area contributed by atoms with Crippen LogP contribution in [-0.4, -0.2) is 18.0 Å². The highest BCUT2D eigenvalue weighted by Crippen LogP contribution is 2.43. The lowest BCUT2D eigenvalue weighted by atomic mass is 10.0. The number of carbonyl (C=O) groups excluding carboxylic acids is 1. The molecule has 3 nitrogen and oxygen atoms in total. The Morgan fingerprint density at radius 1 is 1.16 bits per heavy atom. The Kier molecular flexibility index (Phi) is 3.31. The van der Waals surface area contributed by atoms with Crippen molar-refractivity contribution in [3.8, 4) is 0 Å². The summed E-state index contributed by atoms with van der Waals surface area (Å²) in [5.41, 5.74) is 7.84. The van der Waals surface area contributed by atoms with E-state index in [2.05, 4.69) is 5.32 Å². The van der Waals surface area contributed by atoms with Crippen molar-refractivity contribution in [2.45, 2.75) is 44.7 Å². The highest BCUT2D eigenvalue weighted by atomic mass is 16.1. The molecule has 102 valence electrons. The molecule has 2 saturated carbocycles. The van der Waals surface area contributed by atoms with E-state index in [9.17, 15) is 4.79 Å². The standard InChI is InChI=1S/C16H22N2O/c1-10-4-2-3-5-15(10)16(19)18-14-8-11-6-13(17)7-12(11)9-14/h2-5,11-14H,6-9,17H2,1H3,(H,18,19). The SMILES string of the molecule is Cc1ccccc1C(=O)NC1CC2CC(N)CC2C1. The summed E-state index contributed by atoms with van der Waals surface area (Å²) in [5, 5.41) is 3.20. The van der Waals surface area contributed by atoms with Crippen molar-refractivity contribution < 1.29 is 4.79 Å². The quantitative estimate of drug-likeness (QED) is 0.854. The predicted molar refractivity (Wildman–Crippen MR) is 75.9 cm³/mol. The topological polar surface area (TPSA) is 55.1 Å². The van der Waals surface area contributed by atoms with Crippen LogP contribution in [0.1, 0.15) is 41.6 Å². The first-order chi connectivity index (χ1) is 9.13. The second kappa shape index (κ2) is 4.97. The van der Waals surface area contributed by atoms with Gasteiger partial charge in [0.1, 0.15) is 0 Å². The van der Waals surface area contributed by atoms with Crippen molar-refractivity contribution in [1.82, 2.24) is 5.32 Å². The third kappa shape index (κ3) is 2.52. The second-order valence-corrected chi connectivity index (χ2v) is 6.21. The number of rotatable bonds is 2. The summed E-state index contributed by atoms with van der Waals surface area (Å²) in [7, 11) is 0. The van der Waals surface area contributed by atoms with Gasteiger partial charge < -0.3 is 11.1 Å². The number of aryl methyl sites for hydroxylation is 1. The summed E-state index contributed by atoms with van der Waals surface area (Å²) < 4.78 is 0. The van der Waals surface area contributed by atoms with Crippen molar-refractivity contribution in [3.05, 3.63) is 35.4 Å². The van der Waals surface area contributed by atoms with Gasteiger partial charge in [0, 0.05) is 17.6 Å². The normalized spacial score (nSPS) is 33.2. The molecule has 2 unspecified atom stereocenters. The summed E-state index contributed by atoms with van der Waals surface area (Å²) in [5.74, 6) is 1.54. The number of hydrogen-bond donors (Lipinski definition) is 2. The fourth-order valence-corrected chi connectivity index (χ4v) is 3.87. The Hall–Kier alpha value is -1.35. The zero-order valence-electron chi connectivity index (χ0n) is 11.4. The van der Waals surface area contributed by atoms with Crippen LogP contribution in [0.25, 0.3) is 0 Å². The molecule has 2 atom stereocenters. The van der Waals surface area contributed by atoms with E-state index in [0.29, 0.717) is 12.1 Å². The molecule has 19 heavy (non-hydrogen) atoms. The Morgan fingerprint density at radius 3 is 2.42 bits per heavy atom. The van der Waals surface area contributed by atoms with Crippen LogP contribution in [0.4, 0.5) is 0 Å². The van der Waals surface area contributed by atoms with Crippen LogP contribution in [0, 0.1) is 18.8 Å². The molecule has 3 rings (SSSR count). The Labute approximate surface area is 114 Å². The maximum Gasteiger partial charge on any atom is 0.251 e. The van der Waals surface area contributed by atoms with Gasteiger partial charge >= 0.3 is 0 Å². The third-order valence-electron chi connectivity index (χ3n) is 4.78. The van der Waals surface area contributed by atoms with Gasteiger partial charge in [-0.05, 0) is 56.1 Å². The van der Waals surface area contributed by atoms with Gasteiger partial charge in [0.05, 0.1) is 0 Å². The molecular formula is C16H22N2O. The molecule has 0 aliphatic heterocycles. The number of carbonyl (C=O) groups is 1. The minimum Gasteiger partial charge on any atom is -0.349 e. The zero-order valence-corrected chi connectivity index (χ0v) is 11.4. The fourth-order valence-electron chi connectivity index (χ4n) is 3.87. The van der Waals surface area contributed by atoms with Gasteiger partial charge in [-0.25, -0.2) is 0 Å². The minimum atomic E-state index is 0.0763. The molecule has 3 N–H and O–H groups in total. The van der Waals surface area contributed by atoms with Crippen molar-refractivity contribution >= 4 is 5.91 Å². The number of hydrogen-bond acceptors (Lipinski definition) is 2. The molecule has 0 aromatic heterocycles. The average Bonchev–Trinajstić information content (AvgIpc) is 2.86. The molecule has 0 saturated heterocycles. The number of amides is 1. The Morgan fingerprint density at radius 2 is 1.79 bits per heavy atom. The summed E-state index contributed by atoms with van der Waals surface area (Å²) >= 11 is 0. The van der Waals surface area contributed by atoms with Crippen LogP contribution in [-0.2, 0) is 0 Å². The maximum absolute atomic E-state index is 12.3. The predicted octanol–water partition coefficient (Wildman–Crippen LogP) is 2.24. The Balaban J connectivity index is 1.62. The van der Waals surface area contributed by atoms with E-state index in [4.69, 9.17) is 5.73 Å². The summed E-state index contributed by atoms with van der Waals surface area (Å²) in [6.45, 7) is 1.98. The van der Waals surface area contributed by atoms with Gasteiger partial charge in [0.25, 0.3) is 5.91 Å². The molecule has 1 aromatic carbocycles. The van der Waals surface area contributed by atoms with E-state index >= 15 is 0 Å². The molecular weight excluding hydrogens is 236 g/mol. The van der Waals surface area contributed by atoms with Crippen molar-refractivity contribution in [2.75, 3.05) is 0 Å². The van der Waals surface area contributed by atoms with Gasteiger partial charge in [-0.2, -0.15) is 0 Å². The number of nitrogens with one attached hydrogen (secondary N) is 1. The smallest absolute Gasteiger partial charge is 0.251 e. The first-order valence-electron chi connectivity index (χ1n) is 7.25. The van der Waals surface area contributed by atoms with Gasteiger partial charge in [-0.15, -0.1) is 0 Å². The molecule has 3 heteroatoms. The van der Waals surface area contributed by atoms with Gasteiger partial charge in [0.15, 0.2) is 0 Å². The molecule has 2 aliphatic rings. The maximum atomic E-state index is 12.3. The molecule has 0 radical (unpaired) electrons. The van der Waals surface area contributed by atoms with E-state index in [1.807, 2.05) is 31.2 Å². The summed E-state index contributed by atoms with van der Waals surface area (Å²) in [6, 6.07) is 8.50. The van der Waals surface area contributed by atoms with Gasteiger partial charge in [-0.1, -0.05) is 18.2 Å². The van der Waals surface area contributed by atoms with Crippen molar-refractivity contribution in [3.63, 3.8) is 0 Å². The lowest BCUT2D eigenvalue weighted by molar-refractivity contribution is 0.0935. The zero-order chi connectivity index (χ0) is 13.4. The van der Waals surface area contributed by atoms with Gasteiger partial charge in [0.2, 0.25) is 0 Å². The minimum absolute atomic E-state index is 0.0763. The van der Waals surface area contributed by atoms with Crippen LogP contribution in [0.5, 0.6) is 0 Å². The highest BCUT2D eigenvalue weighted by Gasteiger charge is 2.40. The van der Waals surface area contributed by atoms with Crippen LogP contribution < -0.4 is 11.1 Å². The number of benzene rings is 1. The first-order valence-corrected chi connectivity index (χ1v) is 7.25. The van der Waals surface area contributed by atoms with E-state index < -0.39 is 0 Å². The van der Waals surface area contributed by atoms with E-state index in [1.165, 1.54) is 0 Å². The molecule has 0 spiro atoms. The van der Waals surface area contributed by atoms with Gasteiger partial charge in [-0.3, -0.25) is 4.79 Å². The van der Waals surface area contributed by atoms with E-state index in [0.717, 1.165) is 48.6 Å². The molecule has 1 aromatic rings. The highest BCUT2D eigenvalue weighted by molar-refractivity contribution is 5.95. The molecule has 2 fully saturated rings. The average molecular weight is 258 g/mol. The second-order valence-electron chi connectivity index (χ2n) is 6.21. The van der Waals surface area contributed by atoms with Crippen molar-refractivity contribution in [1.29, 1.82) is 0 Å². The molecule has 0 bridgehead atoms. The molecule has 2 aliphatic carbocycles. The number of nitrogens with two attached hydrogens (primary N) is 1. The lowest BCUT2D eigenvalue weighted by Gasteiger charge is -2.15. The largest absolute Gasteiger partial charge is 0.349 e. The fraction of sp³-hybridized carbons (Fsp3) is 0.562.